The van der Waals surface area contributed by atoms with Crippen molar-refractivity contribution in [3.05, 3.63) is 23.7 Å². The van der Waals surface area contributed by atoms with Gasteiger partial charge in [0.2, 0.25) is 5.89 Å². The fourth-order valence-electron chi connectivity index (χ4n) is 2.09. The molecule has 3 rings (SSSR count). The van der Waals surface area contributed by atoms with Crippen molar-refractivity contribution < 1.29 is 4.42 Å². The van der Waals surface area contributed by atoms with E-state index in [1.54, 1.807) is 11.8 Å². The number of nitrogens with zero attached hydrogens (tertiary/aromatic N) is 4. The predicted octanol–water partition coefficient (Wildman–Crippen LogP) is 2.65. The van der Waals surface area contributed by atoms with E-state index in [1.165, 1.54) is 12.8 Å². The Bertz CT molecular complexity index is 624. The number of aromatic nitrogens is 4. The molecule has 0 bridgehead atoms. The van der Waals surface area contributed by atoms with Gasteiger partial charge in [0.05, 0.1) is 18.5 Å². The fourth-order valence-corrected chi connectivity index (χ4v) is 2.97. The molecular formula is C14H21N5OS. The molecule has 1 aliphatic carbocycles. The minimum atomic E-state index is -0.0172. The highest BCUT2D eigenvalue weighted by Crippen LogP contribution is 2.39. The molecule has 0 radical (unpaired) electrons. The lowest BCUT2D eigenvalue weighted by Crippen LogP contribution is -2.09. The summed E-state index contributed by atoms with van der Waals surface area (Å²) in [4.78, 5) is 4.35. The Labute approximate surface area is 128 Å². The molecule has 0 aliphatic heterocycles. The van der Waals surface area contributed by atoms with Gasteiger partial charge in [0.25, 0.3) is 0 Å². The van der Waals surface area contributed by atoms with Crippen LogP contribution in [0.15, 0.2) is 15.8 Å². The summed E-state index contributed by atoms with van der Waals surface area (Å²) in [5.74, 6) is 3.16. The van der Waals surface area contributed by atoms with E-state index in [9.17, 15) is 0 Å². The number of oxazole rings is 1. The molecule has 114 valence electrons. The normalized spacial score (nSPS) is 15.6. The summed E-state index contributed by atoms with van der Waals surface area (Å²) >= 11 is 1.61. The average Bonchev–Trinajstić information content (AvgIpc) is 3.01. The highest BCUT2D eigenvalue weighted by molar-refractivity contribution is 7.98. The zero-order chi connectivity index (χ0) is 15.0. The summed E-state index contributed by atoms with van der Waals surface area (Å²) in [6, 6.07) is 0.524. The van der Waals surface area contributed by atoms with E-state index in [2.05, 4.69) is 40.5 Å². The monoisotopic (exact) mass is 307 g/mol. The maximum atomic E-state index is 5.80. The highest BCUT2D eigenvalue weighted by Gasteiger charge is 2.29. The Balaban J connectivity index is 1.70. The molecule has 2 aromatic heterocycles. The molecule has 1 saturated carbocycles. The van der Waals surface area contributed by atoms with Gasteiger partial charge in [-0.2, -0.15) is 0 Å². The van der Waals surface area contributed by atoms with Crippen LogP contribution in [0.2, 0.25) is 0 Å². The Morgan fingerprint density at radius 2 is 2.14 bits per heavy atom. The van der Waals surface area contributed by atoms with Crippen molar-refractivity contribution in [2.45, 2.75) is 62.5 Å². The van der Waals surface area contributed by atoms with Crippen molar-refractivity contribution in [2.75, 3.05) is 0 Å². The summed E-state index contributed by atoms with van der Waals surface area (Å²) in [6.07, 6.45) is 4.18. The van der Waals surface area contributed by atoms with Crippen molar-refractivity contribution in [3.8, 4) is 0 Å². The van der Waals surface area contributed by atoms with E-state index in [-0.39, 0.29) is 5.41 Å². The molecule has 7 heteroatoms. The standard InChI is InChI=1S/C14H21N5OS/c1-14(2,3)10-7-16-12(20-10)8-21-13-18-17-11(6-15)19(13)9-4-5-9/h7,9H,4-6,8,15H2,1-3H3. The second-order valence-corrected chi connectivity index (χ2v) is 7.30. The second-order valence-electron chi connectivity index (χ2n) is 6.36. The molecule has 0 aromatic carbocycles. The highest BCUT2D eigenvalue weighted by atomic mass is 32.2. The van der Waals surface area contributed by atoms with Crippen LogP contribution in [0.25, 0.3) is 0 Å². The Hall–Kier alpha value is -1.34. The molecule has 21 heavy (non-hydrogen) atoms. The van der Waals surface area contributed by atoms with Gasteiger partial charge < -0.3 is 14.7 Å². The van der Waals surface area contributed by atoms with E-state index in [1.807, 2.05) is 6.20 Å². The lowest BCUT2D eigenvalue weighted by atomic mass is 9.94. The predicted molar refractivity (Wildman–Crippen MR) is 80.9 cm³/mol. The van der Waals surface area contributed by atoms with Gasteiger partial charge >= 0.3 is 0 Å². The van der Waals surface area contributed by atoms with Gasteiger partial charge in [0.1, 0.15) is 11.6 Å². The van der Waals surface area contributed by atoms with Gasteiger partial charge in [0, 0.05) is 11.5 Å². The fraction of sp³-hybridized carbons (Fsp3) is 0.643. The van der Waals surface area contributed by atoms with Crippen LogP contribution in [0.5, 0.6) is 0 Å². The van der Waals surface area contributed by atoms with Crippen molar-refractivity contribution >= 4 is 11.8 Å². The molecule has 2 heterocycles. The minimum absolute atomic E-state index is 0.0172. The minimum Gasteiger partial charge on any atom is -0.444 e. The first-order valence-corrected chi connectivity index (χ1v) is 8.19. The number of hydrogen-bond donors (Lipinski definition) is 1. The number of hydrogen-bond acceptors (Lipinski definition) is 6. The first-order chi connectivity index (χ1) is 9.99. The first-order valence-electron chi connectivity index (χ1n) is 7.21. The Morgan fingerprint density at radius 1 is 1.38 bits per heavy atom. The molecular weight excluding hydrogens is 286 g/mol. The third-order valence-electron chi connectivity index (χ3n) is 3.45. The van der Waals surface area contributed by atoms with Crippen LogP contribution in [0.1, 0.15) is 57.1 Å². The number of nitrogens with two attached hydrogens (primary N) is 1. The van der Waals surface area contributed by atoms with Gasteiger partial charge in [-0.3, -0.25) is 0 Å². The molecule has 0 amide bonds. The molecule has 1 fully saturated rings. The Morgan fingerprint density at radius 3 is 2.71 bits per heavy atom. The first kappa shape index (κ1) is 14.6. The van der Waals surface area contributed by atoms with E-state index in [0.29, 0.717) is 18.3 Å². The number of thioether (sulfide) groups is 1. The van der Waals surface area contributed by atoms with Crippen LogP contribution in [0, 0.1) is 0 Å². The maximum Gasteiger partial charge on any atom is 0.204 e. The third kappa shape index (κ3) is 3.13. The molecule has 0 saturated heterocycles. The SMILES string of the molecule is CC(C)(C)c1cnc(CSc2nnc(CN)n2C2CC2)o1. The van der Waals surface area contributed by atoms with Crippen molar-refractivity contribution in [1.82, 2.24) is 19.7 Å². The van der Waals surface area contributed by atoms with Crippen LogP contribution >= 0.6 is 11.8 Å². The molecule has 1 aliphatic rings. The van der Waals surface area contributed by atoms with Crippen molar-refractivity contribution in [2.24, 2.45) is 5.73 Å². The quantitative estimate of drug-likeness (QED) is 0.855. The molecule has 2 N–H and O–H groups in total. The summed E-state index contributed by atoms with van der Waals surface area (Å²) in [7, 11) is 0. The van der Waals surface area contributed by atoms with Crippen molar-refractivity contribution in [1.29, 1.82) is 0 Å². The third-order valence-corrected chi connectivity index (χ3v) is 4.38. The van der Waals surface area contributed by atoms with Crippen LogP contribution in [0.3, 0.4) is 0 Å². The van der Waals surface area contributed by atoms with Gasteiger partial charge in [0.15, 0.2) is 5.16 Å². The zero-order valence-corrected chi connectivity index (χ0v) is 13.5. The topological polar surface area (TPSA) is 82.8 Å². The van der Waals surface area contributed by atoms with E-state index in [4.69, 9.17) is 10.2 Å². The summed E-state index contributed by atoms with van der Waals surface area (Å²) in [6.45, 7) is 6.77. The lowest BCUT2D eigenvalue weighted by Gasteiger charge is -2.13. The lowest BCUT2D eigenvalue weighted by molar-refractivity contribution is 0.390. The number of rotatable bonds is 5. The van der Waals surface area contributed by atoms with Gasteiger partial charge in [-0.15, -0.1) is 10.2 Å². The van der Waals surface area contributed by atoms with Crippen molar-refractivity contribution in [3.63, 3.8) is 0 Å². The smallest absolute Gasteiger partial charge is 0.204 e. The average molecular weight is 307 g/mol. The van der Waals surface area contributed by atoms with Crippen LogP contribution in [-0.2, 0) is 17.7 Å². The molecule has 0 unspecified atom stereocenters. The van der Waals surface area contributed by atoms with Gasteiger partial charge in [-0.1, -0.05) is 32.5 Å². The summed E-state index contributed by atoms with van der Waals surface area (Å²) in [5, 5.41) is 9.32. The second kappa shape index (κ2) is 5.46. The van der Waals surface area contributed by atoms with Crippen LogP contribution in [0.4, 0.5) is 0 Å². The van der Waals surface area contributed by atoms with E-state index >= 15 is 0 Å². The summed E-state index contributed by atoms with van der Waals surface area (Å²) < 4.78 is 7.97. The van der Waals surface area contributed by atoms with Crippen LogP contribution < -0.4 is 5.73 Å². The maximum absolute atomic E-state index is 5.80. The largest absolute Gasteiger partial charge is 0.444 e. The van der Waals surface area contributed by atoms with E-state index in [0.717, 1.165) is 22.6 Å². The van der Waals surface area contributed by atoms with Crippen LogP contribution in [-0.4, -0.2) is 19.7 Å². The molecule has 2 aromatic rings. The molecule has 0 atom stereocenters. The van der Waals surface area contributed by atoms with E-state index < -0.39 is 0 Å². The molecule has 0 spiro atoms. The van der Waals surface area contributed by atoms with Gasteiger partial charge in [-0.05, 0) is 12.8 Å². The molecule has 6 nitrogen and oxygen atoms in total. The summed E-state index contributed by atoms with van der Waals surface area (Å²) in [5.41, 5.74) is 5.71. The van der Waals surface area contributed by atoms with Gasteiger partial charge in [-0.25, -0.2) is 4.98 Å². The zero-order valence-electron chi connectivity index (χ0n) is 12.7. The Kier molecular flexibility index (Phi) is 3.79.